The first-order valence-corrected chi connectivity index (χ1v) is 7.58. The van der Waals surface area contributed by atoms with Crippen LogP contribution in [0.25, 0.3) is 0 Å². The van der Waals surface area contributed by atoms with E-state index < -0.39 is 0 Å². The lowest BCUT2D eigenvalue weighted by Crippen LogP contribution is -2.13. The topological polar surface area (TPSA) is 29.1 Å². The Morgan fingerprint density at radius 3 is 2.63 bits per heavy atom. The predicted molar refractivity (Wildman–Crippen MR) is 82.2 cm³/mol. The summed E-state index contributed by atoms with van der Waals surface area (Å²) in [6, 6.07) is 11.8. The van der Waals surface area contributed by atoms with Gasteiger partial charge in [0.2, 0.25) is 5.91 Å². The number of alkyl halides is 1. The van der Waals surface area contributed by atoms with E-state index in [9.17, 15) is 4.79 Å². The molecule has 1 amide bonds. The molecule has 0 aliphatic rings. The maximum Gasteiger partial charge on any atom is 0.229 e. The molecule has 1 heterocycles. The third-order valence-corrected chi connectivity index (χ3v) is 4.25. The minimum Gasteiger partial charge on any atom is -0.326 e. The second-order valence-corrected chi connectivity index (χ2v) is 5.82. The summed E-state index contributed by atoms with van der Waals surface area (Å²) in [5.74, 6) is 0.947. The first-order chi connectivity index (χ1) is 9.19. The van der Waals surface area contributed by atoms with Crippen molar-refractivity contribution in [3.8, 4) is 0 Å². The van der Waals surface area contributed by atoms with Crippen molar-refractivity contribution in [1.82, 2.24) is 0 Å². The van der Waals surface area contributed by atoms with Crippen molar-refractivity contribution >= 4 is 34.5 Å². The monoisotopic (exact) mass is 293 g/mol. The summed E-state index contributed by atoms with van der Waals surface area (Å²) >= 11 is 7.42. The summed E-state index contributed by atoms with van der Waals surface area (Å²) in [4.78, 5) is 12.9. The number of rotatable bonds is 5. The van der Waals surface area contributed by atoms with Crippen molar-refractivity contribution in [2.45, 2.75) is 19.3 Å². The van der Waals surface area contributed by atoms with Gasteiger partial charge < -0.3 is 5.32 Å². The van der Waals surface area contributed by atoms with E-state index in [-0.39, 0.29) is 5.91 Å². The van der Waals surface area contributed by atoms with Gasteiger partial charge in [-0.1, -0.05) is 25.1 Å². The van der Waals surface area contributed by atoms with E-state index in [4.69, 9.17) is 11.6 Å². The fraction of sp³-hybridized carbons (Fsp3) is 0.267. The quantitative estimate of drug-likeness (QED) is 0.820. The maximum atomic E-state index is 11.8. The average molecular weight is 294 g/mol. The molecule has 0 bridgehead atoms. The molecule has 1 atom stereocenters. The first-order valence-electron chi connectivity index (χ1n) is 6.17. The molecule has 100 valence electrons. The summed E-state index contributed by atoms with van der Waals surface area (Å²) in [6.45, 7) is 2.08. The minimum atomic E-state index is 0.0144. The minimum absolute atomic E-state index is 0.0144. The third-order valence-electron chi connectivity index (χ3n) is 2.91. The van der Waals surface area contributed by atoms with E-state index >= 15 is 0 Å². The van der Waals surface area contributed by atoms with E-state index in [1.54, 1.807) is 11.3 Å². The van der Waals surface area contributed by atoms with Gasteiger partial charge in [-0.2, -0.15) is 0 Å². The number of carbonyl (C=O) groups excluding carboxylic acids is 1. The van der Waals surface area contributed by atoms with E-state index in [1.165, 1.54) is 5.56 Å². The van der Waals surface area contributed by atoms with E-state index in [2.05, 4.69) is 12.2 Å². The normalized spacial score (nSPS) is 12.1. The lowest BCUT2D eigenvalue weighted by atomic mass is 10.0. The Kier molecular flexibility index (Phi) is 5.00. The van der Waals surface area contributed by atoms with E-state index in [1.807, 2.05) is 41.8 Å². The lowest BCUT2D eigenvalue weighted by Gasteiger charge is -2.09. The fourth-order valence-electron chi connectivity index (χ4n) is 1.76. The van der Waals surface area contributed by atoms with Crippen LogP contribution in [-0.2, 0) is 11.2 Å². The lowest BCUT2D eigenvalue weighted by molar-refractivity contribution is -0.115. The van der Waals surface area contributed by atoms with Crippen LogP contribution < -0.4 is 5.32 Å². The standard InChI is InChI=1S/C15H16ClNOS/c1-11(10-16)12-4-6-13(7-5-12)17-15(18)9-14-3-2-8-19-14/h2-8,11H,9-10H2,1H3,(H,17,18). The molecule has 0 aliphatic heterocycles. The van der Waals surface area contributed by atoms with Crippen LogP contribution in [0.4, 0.5) is 5.69 Å². The summed E-state index contributed by atoms with van der Waals surface area (Å²) in [5, 5.41) is 4.88. The van der Waals surface area contributed by atoms with Crippen LogP contribution in [0, 0.1) is 0 Å². The van der Waals surface area contributed by atoms with E-state index in [0.717, 1.165) is 10.6 Å². The van der Waals surface area contributed by atoms with Crippen LogP contribution in [0.5, 0.6) is 0 Å². The van der Waals surface area contributed by atoms with Gasteiger partial charge in [0, 0.05) is 16.4 Å². The second-order valence-electron chi connectivity index (χ2n) is 4.48. The van der Waals surface area contributed by atoms with Crippen LogP contribution in [0.3, 0.4) is 0 Å². The van der Waals surface area contributed by atoms with Gasteiger partial charge in [-0.25, -0.2) is 0 Å². The smallest absolute Gasteiger partial charge is 0.229 e. The number of hydrogen-bond donors (Lipinski definition) is 1. The van der Waals surface area contributed by atoms with Gasteiger partial charge in [0.1, 0.15) is 0 Å². The van der Waals surface area contributed by atoms with Crippen molar-refractivity contribution in [3.63, 3.8) is 0 Å². The molecular weight excluding hydrogens is 278 g/mol. The number of halogens is 1. The maximum absolute atomic E-state index is 11.8. The Labute approximate surface area is 122 Å². The van der Waals surface area contributed by atoms with Crippen molar-refractivity contribution in [2.24, 2.45) is 0 Å². The molecule has 19 heavy (non-hydrogen) atoms. The third kappa shape index (κ3) is 4.08. The summed E-state index contributed by atoms with van der Waals surface area (Å²) in [6.07, 6.45) is 0.428. The molecule has 0 fully saturated rings. The molecule has 1 aromatic carbocycles. The highest BCUT2D eigenvalue weighted by atomic mass is 35.5. The Morgan fingerprint density at radius 2 is 2.05 bits per heavy atom. The Balaban J connectivity index is 1.94. The molecule has 0 radical (unpaired) electrons. The van der Waals surface area contributed by atoms with Gasteiger partial charge in [-0.05, 0) is 35.1 Å². The molecule has 4 heteroatoms. The molecule has 0 spiro atoms. The highest BCUT2D eigenvalue weighted by molar-refractivity contribution is 7.10. The first kappa shape index (κ1) is 14.1. The molecule has 1 unspecified atom stereocenters. The number of hydrogen-bond acceptors (Lipinski definition) is 2. The van der Waals surface area contributed by atoms with Gasteiger partial charge in [0.25, 0.3) is 0 Å². The summed E-state index contributed by atoms with van der Waals surface area (Å²) in [5.41, 5.74) is 2.01. The summed E-state index contributed by atoms with van der Waals surface area (Å²) in [7, 11) is 0. The van der Waals surface area contributed by atoms with Gasteiger partial charge in [-0.3, -0.25) is 4.79 Å². The molecule has 2 nitrogen and oxygen atoms in total. The van der Waals surface area contributed by atoms with Crippen molar-refractivity contribution in [1.29, 1.82) is 0 Å². The van der Waals surface area contributed by atoms with Crippen molar-refractivity contribution < 1.29 is 4.79 Å². The average Bonchev–Trinajstić information content (AvgIpc) is 2.91. The van der Waals surface area contributed by atoms with Crippen molar-refractivity contribution in [3.05, 3.63) is 52.2 Å². The van der Waals surface area contributed by atoms with Crippen LogP contribution in [0.15, 0.2) is 41.8 Å². The zero-order chi connectivity index (χ0) is 13.7. The molecule has 1 N–H and O–H groups in total. The number of benzene rings is 1. The van der Waals surface area contributed by atoms with Crippen molar-refractivity contribution in [2.75, 3.05) is 11.2 Å². The van der Waals surface area contributed by atoms with Crippen LogP contribution in [0.2, 0.25) is 0 Å². The zero-order valence-electron chi connectivity index (χ0n) is 10.7. The molecule has 2 rings (SSSR count). The Morgan fingerprint density at radius 1 is 1.32 bits per heavy atom. The molecule has 0 saturated heterocycles. The molecule has 1 aromatic heterocycles. The molecule has 0 aliphatic carbocycles. The highest BCUT2D eigenvalue weighted by Gasteiger charge is 2.06. The molecule has 0 saturated carbocycles. The molecular formula is C15H16ClNOS. The molecule has 2 aromatic rings. The number of thiophene rings is 1. The Hall–Kier alpha value is -1.32. The largest absolute Gasteiger partial charge is 0.326 e. The second kappa shape index (κ2) is 6.73. The highest BCUT2D eigenvalue weighted by Crippen LogP contribution is 2.19. The summed E-state index contributed by atoms with van der Waals surface area (Å²) < 4.78 is 0. The van der Waals surface area contributed by atoms with E-state index in [0.29, 0.717) is 18.2 Å². The number of nitrogens with one attached hydrogen (secondary N) is 1. The van der Waals surface area contributed by atoms with Gasteiger partial charge in [0.15, 0.2) is 0 Å². The van der Waals surface area contributed by atoms with Crippen LogP contribution in [-0.4, -0.2) is 11.8 Å². The number of anilines is 1. The zero-order valence-corrected chi connectivity index (χ0v) is 12.3. The SMILES string of the molecule is CC(CCl)c1ccc(NC(=O)Cc2cccs2)cc1. The van der Waals surface area contributed by atoms with Gasteiger partial charge >= 0.3 is 0 Å². The fourth-order valence-corrected chi connectivity index (χ4v) is 2.64. The predicted octanol–water partition coefficient (Wildman–Crippen LogP) is 4.27. The van der Waals surface area contributed by atoms with Crippen LogP contribution in [0.1, 0.15) is 23.3 Å². The van der Waals surface area contributed by atoms with Gasteiger partial charge in [-0.15, -0.1) is 22.9 Å². The number of carbonyl (C=O) groups is 1. The number of amides is 1. The van der Waals surface area contributed by atoms with Gasteiger partial charge in [0.05, 0.1) is 6.42 Å². The van der Waals surface area contributed by atoms with Crippen LogP contribution >= 0.6 is 22.9 Å². The Bertz CT molecular complexity index is 522.